The predicted octanol–water partition coefficient (Wildman–Crippen LogP) is 2.33. The van der Waals surface area contributed by atoms with E-state index in [1.807, 2.05) is 30.3 Å². The fourth-order valence-electron chi connectivity index (χ4n) is 2.88. The van der Waals surface area contributed by atoms with Gasteiger partial charge in [0.25, 0.3) is 0 Å². The molecule has 0 aromatic heterocycles. The van der Waals surface area contributed by atoms with E-state index in [1.165, 1.54) is 7.11 Å². The van der Waals surface area contributed by atoms with Crippen molar-refractivity contribution in [1.29, 1.82) is 0 Å². The first-order chi connectivity index (χ1) is 11.2. The molecule has 2 rings (SSSR count). The molecule has 1 N–H and O–H groups in total. The lowest BCUT2D eigenvalue weighted by molar-refractivity contribution is -0.148. The van der Waals surface area contributed by atoms with Gasteiger partial charge in [-0.25, -0.2) is 9.59 Å². The molecule has 1 atom stereocenters. The summed E-state index contributed by atoms with van der Waals surface area (Å²) in [6.45, 7) is 7.17. The second-order valence-corrected chi connectivity index (χ2v) is 7.15. The van der Waals surface area contributed by atoms with Crippen molar-refractivity contribution in [3.05, 3.63) is 35.9 Å². The van der Waals surface area contributed by atoms with E-state index < -0.39 is 23.2 Å². The molecule has 0 spiro atoms. The molecule has 1 amide bonds. The topological polar surface area (TPSA) is 67.9 Å². The molecule has 1 aromatic rings. The Morgan fingerprint density at radius 3 is 2.50 bits per heavy atom. The number of rotatable bonds is 4. The third kappa shape index (κ3) is 4.71. The molecule has 1 aliphatic heterocycles. The molecular formula is C18H26N2O4. The minimum Gasteiger partial charge on any atom is -0.467 e. The number of hydrogen-bond acceptors (Lipinski definition) is 5. The van der Waals surface area contributed by atoms with Crippen molar-refractivity contribution in [2.24, 2.45) is 0 Å². The number of nitrogens with zero attached hydrogens (tertiary/aromatic N) is 1. The highest BCUT2D eigenvalue weighted by Gasteiger charge is 2.47. The number of ether oxygens (including phenoxy) is 2. The van der Waals surface area contributed by atoms with E-state index in [4.69, 9.17) is 9.47 Å². The molecular weight excluding hydrogens is 308 g/mol. The van der Waals surface area contributed by atoms with Crippen LogP contribution in [-0.2, 0) is 20.8 Å². The van der Waals surface area contributed by atoms with Crippen LogP contribution in [0.15, 0.2) is 30.3 Å². The molecule has 1 unspecified atom stereocenters. The predicted molar refractivity (Wildman–Crippen MR) is 90.5 cm³/mol. The summed E-state index contributed by atoms with van der Waals surface area (Å²) in [7, 11) is 1.33. The lowest BCUT2D eigenvalue weighted by atomic mass is 9.99. The van der Waals surface area contributed by atoms with Crippen molar-refractivity contribution in [3.63, 3.8) is 0 Å². The van der Waals surface area contributed by atoms with Gasteiger partial charge in [-0.15, -0.1) is 0 Å². The number of carbonyl (C=O) groups excluding carboxylic acids is 2. The zero-order valence-corrected chi connectivity index (χ0v) is 14.8. The van der Waals surface area contributed by atoms with Crippen LogP contribution < -0.4 is 5.32 Å². The van der Waals surface area contributed by atoms with Crippen molar-refractivity contribution >= 4 is 12.1 Å². The molecule has 6 heteroatoms. The number of hydrogen-bond donors (Lipinski definition) is 1. The van der Waals surface area contributed by atoms with Crippen molar-refractivity contribution in [3.8, 4) is 0 Å². The number of alkyl carbamates (subject to hydrolysis) is 1. The Bertz CT molecular complexity index is 582. The first-order valence-corrected chi connectivity index (χ1v) is 8.10. The average Bonchev–Trinajstić information content (AvgIpc) is 2.89. The SMILES string of the molecule is COC(=O)C1(NC(=O)OC(C)(C)C)CCN(Cc2ccccc2)C1. The van der Waals surface area contributed by atoms with E-state index in [1.54, 1.807) is 20.8 Å². The van der Waals surface area contributed by atoms with Crippen LogP contribution in [0.2, 0.25) is 0 Å². The zero-order valence-electron chi connectivity index (χ0n) is 14.8. The third-order valence-corrected chi connectivity index (χ3v) is 3.91. The van der Waals surface area contributed by atoms with Crippen LogP contribution in [0.4, 0.5) is 4.79 Å². The van der Waals surface area contributed by atoms with Gasteiger partial charge in [-0.05, 0) is 32.8 Å². The Kier molecular flexibility index (Phi) is 5.49. The van der Waals surface area contributed by atoms with Crippen molar-refractivity contribution in [1.82, 2.24) is 10.2 Å². The normalized spacial score (nSPS) is 21.3. The molecule has 132 valence electrons. The van der Waals surface area contributed by atoms with Gasteiger partial charge >= 0.3 is 12.1 Å². The van der Waals surface area contributed by atoms with Crippen molar-refractivity contribution in [2.75, 3.05) is 20.2 Å². The van der Waals surface area contributed by atoms with Gasteiger partial charge in [-0.3, -0.25) is 4.90 Å². The maximum Gasteiger partial charge on any atom is 0.408 e. The summed E-state index contributed by atoms with van der Waals surface area (Å²) in [5, 5.41) is 2.74. The van der Waals surface area contributed by atoms with Crippen molar-refractivity contribution in [2.45, 2.75) is 44.9 Å². The lowest BCUT2D eigenvalue weighted by Gasteiger charge is -2.29. The maximum absolute atomic E-state index is 12.3. The summed E-state index contributed by atoms with van der Waals surface area (Å²) >= 11 is 0. The monoisotopic (exact) mass is 334 g/mol. The Balaban J connectivity index is 2.07. The smallest absolute Gasteiger partial charge is 0.408 e. The summed E-state index contributed by atoms with van der Waals surface area (Å²) in [5.74, 6) is -0.441. The fraction of sp³-hybridized carbons (Fsp3) is 0.556. The van der Waals surface area contributed by atoms with Crippen LogP contribution >= 0.6 is 0 Å². The van der Waals surface area contributed by atoms with Gasteiger partial charge in [0.05, 0.1) is 7.11 Å². The van der Waals surface area contributed by atoms with E-state index in [0.29, 0.717) is 19.5 Å². The summed E-state index contributed by atoms with van der Waals surface area (Å²) in [5.41, 5.74) is -0.522. The van der Waals surface area contributed by atoms with Crippen LogP contribution in [0.5, 0.6) is 0 Å². The highest BCUT2D eigenvalue weighted by atomic mass is 16.6. The maximum atomic E-state index is 12.3. The quantitative estimate of drug-likeness (QED) is 0.856. The molecule has 1 aromatic carbocycles. The minimum absolute atomic E-state index is 0.397. The van der Waals surface area contributed by atoms with Crippen LogP contribution in [0, 0.1) is 0 Å². The summed E-state index contributed by atoms with van der Waals surface area (Å²) in [4.78, 5) is 26.6. The molecule has 0 radical (unpaired) electrons. The average molecular weight is 334 g/mol. The third-order valence-electron chi connectivity index (χ3n) is 3.91. The van der Waals surface area contributed by atoms with Crippen LogP contribution in [0.1, 0.15) is 32.8 Å². The molecule has 1 heterocycles. The second-order valence-electron chi connectivity index (χ2n) is 7.15. The number of methoxy groups -OCH3 is 1. The number of nitrogens with one attached hydrogen (secondary N) is 1. The summed E-state index contributed by atoms with van der Waals surface area (Å²) in [6.07, 6.45) is -0.111. The molecule has 24 heavy (non-hydrogen) atoms. The van der Waals surface area contributed by atoms with Gasteiger partial charge in [0.2, 0.25) is 0 Å². The van der Waals surface area contributed by atoms with Gasteiger partial charge in [0.1, 0.15) is 5.60 Å². The number of amides is 1. The van der Waals surface area contributed by atoms with Crippen molar-refractivity contribution < 1.29 is 19.1 Å². The van der Waals surface area contributed by atoms with Gasteiger partial charge in [-0.1, -0.05) is 30.3 Å². The van der Waals surface area contributed by atoms with E-state index in [2.05, 4.69) is 10.2 Å². The van der Waals surface area contributed by atoms with Crippen LogP contribution in [0.3, 0.4) is 0 Å². The Labute approximate surface area is 143 Å². The highest BCUT2D eigenvalue weighted by molar-refractivity contribution is 5.86. The molecule has 0 saturated carbocycles. The van der Waals surface area contributed by atoms with E-state index in [9.17, 15) is 9.59 Å². The van der Waals surface area contributed by atoms with Gasteiger partial charge in [0.15, 0.2) is 5.54 Å². The zero-order chi connectivity index (χ0) is 17.8. The molecule has 6 nitrogen and oxygen atoms in total. The summed E-state index contributed by atoms with van der Waals surface area (Å²) in [6, 6.07) is 10.0. The van der Waals surface area contributed by atoms with E-state index >= 15 is 0 Å². The Morgan fingerprint density at radius 2 is 1.92 bits per heavy atom. The molecule has 0 bridgehead atoms. The Hall–Kier alpha value is -2.08. The number of carbonyl (C=O) groups is 2. The lowest BCUT2D eigenvalue weighted by Crippen LogP contribution is -2.57. The van der Waals surface area contributed by atoms with Crippen LogP contribution in [-0.4, -0.2) is 48.3 Å². The Morgan fingerprint density at radius 1 is 1.25 bits per heavy atom. The van der Waals surface area contributed by atoms with E-state index in [-0.39, 0.29) is 0 Å². The first-order valence-electron chi connectivity index (χ1n) is 8.10. The van der Waals surface area contributed by atoms with Crippen LogP contribution in [0.25, 0.3) is 0 Å². The summed E-state index contributed by atoms with van der Waals surface area (Å²) < 4.78 is 10.2. The van der Waals surface area contributed by atoms with Gasteiger partial charge in [0, 0.05) is 19.6 Å². The number of esters is 1. The number of benzene rings is 1. The molecule has 1 aliphatic rings. The molecule has 0 aliphatic carbocycles. The fourth-order valence-corrected chi connectivity index (χ4v) is 2.88. The molecule has 1 fully saturated rings. The highest BCUT2D eigenvalue weighted by Crippen LogP contribution is 2.25. The molecule has 1 saturated heterocycles. The first kappa shape index (κ1) is 18.3. The standard InChI is InChI=1S/C18H26N2O4/c1-17(2,3)24-16(22)19-18(15(21)23-4)10-11-20(13-18)12-14-8-6-5-7-9-14/h5-9H,10-13H2,1-4H3,(H,19,22). The second kappa shape index (κ2) is 7.21. The van der Waals surface area contributed by atoms with Gasteiger partial charge in [-0.2, -0.15) is 0 Å². The van der Waals surface area contributed by atoms with Gasteiger partial charge < -0.3 is 14.8 Å². The minimum atomic E-state index is -1.06. The number of likely N-dealkylation sites (tertiary alicyclic amines) is 1. The van der Waals surface area contributed by atoms with E-state index in [0.717, 1.165) is 12.1 Å². The largest absolute Gasteiger partial charge is 0.467 e.